The molecule has 1 aromatic rings. The van der Waals surface area contributed by atoms with Crippen molar-refractivity contribution in [2.45, 2.75) is 51.0 Å². The summed E-state index contributed by atoms with van der Waals surface area (Å²) in [5.41, 5.74) is 1.31. The maximum absolute atomic E-state index is 13.2. The molecule has 0 amide bonds. The summed E-state index contributed by atoms with van der Waals surface area (Å²) in [5, 5.41) is 0. The lowest BCUT2D eigenvalue weighted by Gasteiger charge is -2.35. The first kappa shape index (κ1) is 18.7. The van der Waals surface area contributed by atoms with Crippen molar-refractivity contribution in [1.82, 2.24) is 4.31 Å². The molecule has 24 heavy (non-hydrogen) atoms. The van der Waals surface area contributed by atoms with Crippen LogP contribution in [-0.4, -0.2) is 45.0 Å². The largest absolute Gasteiger partial charge is 0.497 e. The van der Waals surface area contributed by atoms with Gasteiger partial charge in [-0.1, -0.05) is 6.42 Å². The number of rotatable bonds is 5. The minimum atomic E-state index is -3.66. The number of carbonyl (C=O) groups is 1. The molecule has 1 aromatic carbocycles. The molecule has 1 aliphatic rings. The molecule has 1 fully saturated rings. The number of esters is 1. The molecule has 0 aromatic heterocycles. The van der Waals surface area contributed by atoms with Gasteiger partial charge >= 0.3 is 5.97 Å². The van der Waals surface area contributed by atoms with E-state index in [1.165, 1.54) is 11.2 Å². The summed E-state index contributed by atoms with van der Waals surface area (Å²) in [6.45, 7) is 5.42. The average Bonchev–Trinajstić information content (AvgIpc) is 2.52. The summed E-state index contributed by atoms with van der Waals surface area (Å²) in [6, 6.07) is 3.14. The van der Waals surface area contributed by atoms with Gasteiger partial charge in [-0.3, -0.25) is 4.79 Å². The molecular weight excluding hydrogens is 330 g/mol. The van der Waals surface area contributed by atoms with Crippen LogP contribution in [0.3, 0.4) is 0 Å². The van der Waals surface area contributed by atoms with Gasteiger partial charge in [0.05, 0.1) is 18.0 Å². The molecular formula is C17H25NO5S. The molecule has 0 saturated carbocycles. The van der Waals surface area contributed by atoms with Crippen LogP contribution in [-0.2, 0) is 19.6 Å². The minimum absolute atomic E-state index is 0.100. The van der Waals surface area contributed by atoms with E-state index < -0.39 is 16.0 Å². The predicted octanol–water partition coefficient (Wildman–Crippen LogP) is 2.42. The van der Waals surface area contributed by atoms with Gasteiger partial charge in [0.1, 0.15) is 12.4 Å². The first-order valence-corrected chi connectivity index (χ1v) is 9.52. The van der Waals surface area contributed by atoms with E-state index in [2.05, 4.69) is 0 Å². The Hall–Kier alpha value is -1.60. The molecule has 6 nitrogen and oxygen atoms in total. The first-order valence-electron chi connectivity index (χ1n) is 8.07. The van der Waals surface area contributed by atoms with E-state index in [0.717, 1.165) is 12.8 Å². The van der Waals surface area contributed by atoms with Crippen molar-refractivity contribution in [2.24, 2.45) is 0 Å². The Balaban J connectivity index is 2.39. The molecule has 0 unspecified atom stereocenters. The average molecular weight is 355 g/mol. The molecule has 0 spiro atoms. The fourth-order valence-corrected chi connectivity index (χ4v) is 5.32. The molecule has 0 N–H and O–H groups in total. The van der Waals surface area contributed by atoms with Gasteiger partial charge in [-0.05, 0) is 49.9 Å². The Labute approximate surface area is 143 Å². The van der Waals surface area contributed by atoms with E-state index in [-0.39, 0.29) is 12.6 Å². The van der Waals surface area contributed by atoms with Crippen LogP contribution in [0.4, 0.5) is 0 Å². The lowest BCUT2D eigenvalue weighted by Crippen LogP contribution is -2.46. The van der Waals surface area contributed by atoms with Gasteiger partial charge in [-0.15, -0.1) is 0 Å². The highest BCUT2D eigenvalue weighted by Crippen LogP contribution is 2.31. The van der Waals surface area contributed by atoms with Crippen LogP contribution < -0.4 is 4.74 Å². The van der Waals surface area contributed by atoms with Gasteiger partial charge in [0, 0.05) is 13.5 Å². The summed E-state index contributed by atoms with van der Waals surface area (Å²) >= 11 is 0. The second-order valence-corrected chi connectivity index (χ2v) is 7.99. The van der Waals surface area contributed by atoms with Gasteiger partial charge < -0.3 is 9.47 Å². The summed E-state index contributed by atoms with van der Waals surface area (Å²) in [7, 11) is -2.10. The molecule has 1 aliphatic heterocycles. The van der Waals surface area contributed by atoms with Crippen molar-refractivity contribution < 1.29 is 22.7 Å². The van der Waals surface area contributed by atoms with Gasteiger partial charge in [0.25, 0.3) is 0 Å². The molecule has 2 rings (SSSR count). The highest BCUT2D eigenvalue weighted by Gasteiger charge is 2.35. The topological polar surface area (TPSA) is 72.9 Å². The van der Waals surface area contributed by atoms with E-state index in [1.807, 2.05) is 0 Å². The molecule has 7 heteroatoms. The second-order valence-electron chi connectivity index (χ2n) is 6.16. The Morgan fingerprint density at radius 1 is 1.25 bits per heavy atom. The third kappa shape index (κ3) is 3.89. The zero-order chi connectivity index (χ0) is 17.9. The van der Waals surface area contributed by atoms with Gasteiger partial charge in [0.2, 0.25) is 10.0 Å². The van der Waals surface area contributed by atoms with Gasteiger partial charge in [-0.25, -0.2) is 8.42 Å². The molecule has 134 valence electrons. The highest BCUT2D eigenvalue weighted by molar-refractivity contribution is 7.89. The Bertz CT molecular complexity index is 691. The van der Waals surface area contributed by atoms with E-state index in [0.29, 0.717) is 34.7 Å². The summed E-state index contributed by atoms with van der Waals surface area (Å²) in [6.07, 6.45) is 2.43. The fraction of sp³-hybridized carbons (Fsp3) is 0.588. The maximum Gasteiger partial charge on any atom is 0.302 e. The van der Waals surface area contributed by atoms with E-state index in [9.17, 15) is 13.2 Å². The second kappa shape index (κ2) is 7.53. The number of hydrogen-bond donors (Lipinski definition) is 0. The number of methoxy groups -OCH3 is 1. The normalized spacial score (nSPS) is 19.1. The monoisotopic (exact) mass is 355 g/mol. The Morgan fingerprint density at radius 3 is 2.42 bits per heavy atom. The molecule has 1 saturated heterocycles. The van der Waals surface area contributed by atoms with Gasteiger partial charge in [-0.2, -0.15) is 4.31 Å². The number of sulfonamides is 1. The SMILES string of the molecule is COc1cc(C)c(S(=O)(=O)N2CCCC[C@H]2COC(C)=O)c(C)c1. The van der Waals surface area contributed by atoms with E-state index >= 15 is 0 Å². The van der Waals surface area contributed by atoms with Crippen LogP contribution in [0.5, 0.6) is 5.75 Å². The maximum atomic E-state index is 13.2. The van der Waals surface area contributed by atoms with Crippen LogP contribution in [0.1, 0.15) is 37.3 Å². The van der Waals surface area contributed by atoms with E-state index in [1.54, 1.807) is 33.1 Å². The van der Waals surface area contributed by atoms with Crippen LogP contribution in [0, 0.1) is 13.8 Å². The number of aryl methyl sites for hydroxylation is 2. The van der Waals surface area contributed by atoms with Crippen molar-refractivity contribution in [3.05, 3.63) is 23.3 Å². The lowest BCUT2D eigenvalue weighted by molar-refractivity contribution is -0.142. The zero-order valence-corrected chi connectivity index (χ0v) is 15.5. The minimum Gasteiger partial charge on any atom is -0.497 e. The third-order valence-electron chi connectivity index (χ3n) is 4.29. The van der Waals surface area contributed by atoms with Crippen LogP contribution >= 0.6 is 0 Å². The lowest BCUT2D eigenvalue weighted by atomic mass is 10.1. The molecule has 1 atom stereocenters. The molecule has 1 heterocycles. The Kier molecular flexibility index (Phi) is 5.87. The number of carbonyl (C=O) groups excluding carboxylic acids is 1. The van der Waals surface area contributed by atoms with Crippen molar-refractivity contribution in [3.63, 3.8) is 0 Å². The molecule has 0 radical (unpaired) electrons. The number of piperidine rings is 1. The standard InChI is InChI=1S/C17H25NO5S/c1-12-9-16(22-4)10-13(2)17(12)24(20,21)18-8-6-5-7-15(18)11-23-14(3)19/h9-10,15H,5-8,11H2,1-4H3/t15-/m0/s1. The van der Waals surface area contributed by atoms with Crippen molar-refractivity contribution in [1.29, 1.82) is 0 Å². The molecule has 0 aliphatic carbocycles. The van der Waals surface area contributed by atoms with Crippen molar-refractivity contribution in [3.8, 4) is 5.75 Å². The van der Waals surface area contributed by atoms with Crippen molar-refractivity contribution in [2.75, 3.05) is 20.3 Å². The summed E-state index contributed by atoms with van der Waals surface area (Å²) < 4.78 is 38.2. The Morgan fingerprint density at radius 2 is 1.88 bits per heavy atom. The third-order valence-corrected chi connectivity index (χ3v) is 6.55. The molecule has 0 bridgehead atoms. The number of benzene rings is 1. The van der Waals surface area contributed by atoms with E-state index in [4.69, 9.17) is 9.47 Å². The quantitative estimate of drug-likeness (QED) is 0.759. The first-order chi connectivity index (χ1) is 11.3. The number of ether oxygens (including phenoxy) is 2. The fourth-order valence-electron chi connectivity index (χ4n) is 3.22. The zero-order valence-electron chi connectivity index (χ0n) is 14.7. The number of nitrogens with zero attached hydrogens (tertiary/aromatic N) is 1. The van der Waals surface area contributed by atoms with Crippen molar-refractivity contribution >= 4 is 16.0 Å². The summed E-state index contributed by atoms with van der Waals surface area (Å²) in [5.74, 6) is 0.244. The summed E-state index contributed by atoms with van der Waals surface area (Å²) in [4.78, 5) is 11.4. The van der Waals surface area contributed by atoms with Crippen LogP contribution in [0.15, 0.2) is 17.0 Å². The van der Waals surface area contributed by atoms with Crippen LogP contribution in [0.25, 0.3) is 0 Å². The number of hydrogen-bond acceptors (Lipinski definition) is 5. The smallest absolute Gasteiger partial charge is 0.302 e. The van der Waals surface area contributed by atoms with Gasteiger partial charge in [0.15, 0.2) is 0 Å². The van der Waals surface area contributed by atoms with Crippen LogP contribution in [0.2, 0.25) is 0 Å². The highest BCUT2D eigenvalue weighted by atomic mass is 32.2. The predicted molar refractivity (Wildman–Crippen MR) is 90.6 cm³/mol.